The number of aromatic nitrogens is 1. The van der Waals surface area contributed by atoms with E-state index in [1.807, 2.05) is 17.9 Å². The van der Waals surface area contributed by atoms with Crippen LogP contribution in [0.5, 0.6) is 0 Å². The average Bonchev–Trinajstić information content (AvgIpc) is 3.06. The number of carbonyl (C=O) groups is 1. The van der Waals surface area contributed by atoms with E-state index in [0.29, 0.717) is 17.4 Å². The number of rotatable bonds is 2. The minimum absolute atomic E-state index is 0.0766. The van der Waals surface area contributed by atoms with Crippen LogP contribution in [-0.2, 0) is 4.79 Å². The lowest BCUT2D eigenvalue weighted by Gasteiger charge is -2.35. The number of pyridine rings is 1. The highest BCUT2D eigenvalue weighted by molar-refractivity contribution is 5.80. The first-order valence-corrected chi connectivity index (χ1v) is 8.12. The van der Waals surface area contributed by atoms with E-state index in [4.69, 9.17) is 11.5 Å². The number of carbonyl (C=O) groups excluding carboxylic acids is 1. The van der Waals surface area contributed by atoms with Gasteiger partial charge in [-0.1, -0.05) is 0 Å². The van der Waals surface area contributed by atoms with Crippen LogP contribution in [0.25, 0.3) is 0 Å². The van der Waals surface area contributed by atoms with Gasteiger partial charge in [-0.05, 0) is 44.2 Å². The summed E-state index contributed by atoms with van der Waals surface area (Å²) in [5.41, 5.74) is 13.2. The zero-order chi connectivity index (χ0) is 15.7. The molecule has 4 N–H and O–H groups in total. The second-order valence-corrected chi connectivity index (χ2v) is 6.41. The molecule has 22 heavy (non-hydrogen) atoms. The van der Waals surface area contributed by atoms with Crippen molar-refractivity contribution in [1.82, 2.24) is 9.88 Å². The molecule has 3 rings (SSSR count). The lowest BCUT2D eigenvalue weighted by atomic mass is 9.96. The quantitative estimate of drug-likeness (QED) is 0.862. The number of nitrogens with two attached hydrogens (primary N) is 2. The Labute approximate surface area is 131 Å². The van der Waals surface area contributed by atoms with Crippen LogP contribution in [0, 0.1) is 12.8 Å². The number of piperidine rings is 1. The number of hydrogen-bond acceptors (Lipinski definition) is 5. The van der Waals surface area contributed by atoms with Crippen LogP contribution in [0.2, 0.25) is 0 Å². The third kappa shape index (κ3) is 2.82. The van der Waals surface area contributed by atoms with Crippen molar-refractivity contribution in [2.45, 2.75) is 32.6 Å². The van der Waals surface area contributed by atoms with Gasteiger partial charge in [0.25, 0.3) is 0 Å². The number of amides is 1. The molecule has 6 nitrogen and oxygen atoms in total. The number of hydrogen-bond donors (Lipinski definition) is 2. The molecule has 0 radical (unpaired) electrons. The summed E-state index contributed by atoms with van der Waals surface area (Å²) in [6.45, 7) is 5.42. The van der Waals surface area contributed by atoms with E-state index < -0.39 is 0 Å². The Balaban J connectivity index is 1.74. The maximum Gasteiger partial charge on any atom is 0.227 e. The summed E-state index contributed by atoms with van der Waals surface area (Å²) >= 11 is 0. The Morgan fingerprint density at radius 1 is 1.23 bits per heavy atom. The lowest BCUT2D eigenvalue weighted by molar-refractivity contribution is -0.134. The van der Waals surface area contributed by atoms with E-state index >= 15 is 0 Å². The molecule has 0 spiro atoms. The molecule has 0 aromatic carbocycles. The monoisotopic (exact) mass is 303 g/mol. The minimum Gasteiger partial charge on any atom is -0.396 e. The van der Waals surface area contributed by atoms with Gasteiger partial charge in [-0.25, -0.2) is 4.98 Å². The van der Waals surface area contributed by atoms with Crippen LogP contribution in [0.15, 0.2) is 6.07 Å². The zero-order valence-electron chi connectivity index (χ0n) is 13.2. The Morgan fingerprint density at radius 2 is 1.95 bits per heavy atom. The minimum atomic E-state index is 0.0766. The van der Waals surface area contributed by atoms with E-state index in [1.54, 1.807) is 0 Å². The van der Waals surface area contributed by atoms with Gasteiger partial charge in [-0.2, -0.15) is 0 Å². The van der Waals surface area contributed by atoms with Gasteiger partial charge in [0.15, 0.2) is 0 Å². The molecule has 1 aromatic heterocycles. The molecule has 2 aliphatic rings. The van der Waals surface area contributed by atoms with Crippen LogP contribution in [0.3, 0.4) is 0 Å². The summed E-state index contributed by atoms with van der Waals surface area (Å²) < 4.78 is 0. The summed E-state index contributed by atoms with van der Waals surface area (Å²) in [5, 5.41) is 0. The molecule has 120 valence electrons. The molecule has 2 saturated heterocycles. The van der Waals surface area contributed by atoms with Gasteiger partial charge >= 0.3 is 0 Å². The molecular weight excluding hydrogens is 278 g/mol. The summed E-state index contributed by atoms with van der Waals surface area (Å²) in [6, 6.07) is 1.97. The number of likely N-dealkylation sites (tertiary alicyclic amines) is 1. The van der Waals surface area contributed by atoms with E-state index in [0.717, 1.165) is 63.2 Å². The van der Waals surface area contributed by atoms with Crippen molar-refractivity contribution in [3.8, 4) is 0 Å². The van der Waals surface area contributed by atoms with Crippen LogP contribution < -0.4 is 16.4 Å². The molecule has 1 amide bonds. The molecular formula is C16H25N5O. The van der Waals surface area contributed by atoms with Crippen molar-refractivity contribution >= 4 is 23.2 Å². The molecule has 2 aliphatic heterocycles. The van der Waals surface area contributed by atoms with Crippen molar-refractivity contribution < 1.29 is 4.79 Å². The van der Waals surface area contributed by atoms with Crippen molar-refractivity contribution in [2.75, 3.05) is 42.5 Å². The van der Waals surface area contributed by atoms with Gasteiger partial charge in [0.2, 0.25) is 5.91 Å². The Kier molecular flexibility index (Phi) is 4.09. The van der Waals surface area contributed by atoms with Crippen molar-refractivity contribution in [3.63, 3.8) is 0 Å². The average molecular weight is 303 g/mol. The SMILES string of the molecule is Cc1cc(N2CCCC(C(=O)N3CCCC3)C2)nc(N)c1N. The fraction of sp³-hybridized carbons (Fsp3) is 0.625. The Morgan fingerprint density at radius 3 is 2.64 bits per heavy atom. The fourth-order valence-electron chi connectivity index (χ4n) is 3.43. The van der Waals surface area contributed by atoms with E-state index in [9.17, 15) is 4.79 Å². The van der Waals surface area contributed by atoms with Gasteiger partial charge in [0.05, 0.1) is 11.6 Å². The van der Waals surface area contributed by atoms with Crippen molar-refractivity contribution in [3.05, 3.63) is 11.6 Å². The predicted molar refractivity (Wildman–Crippen MR) is 88.5 cm³/mol. The maximum atomic E-state index is 12.6. The standard InChI is InChI=1S/C16H25N5O/c1-11-9-13(19-15(18)14(11)17)21-8-4-5-12(10-21)16(22)20-6-2-3-7-20/h9,12H,2-8,10,17H2,1H3,(H2,18,19). The highest BCUT2D eigenvalue weighted by Crippen LogP contribution is 2.28. The molecule has 0 aliphatic carbocycles. The summed E-state index contributed by atoms with van der Waals surface area (Å²) in [6.07, 6.45) is 4.25. The van der Waals surface area contributed by atoms with Crippen molar-refractivity contribution in [1.29, 1.82) is 0 Å². The van der Waals surface area contributed by atoms with Crippen LogP contribution in [-0.4, -0.2) is 42.0 Å². The van der Waals surface area contributed by atoms with E-state index in [1.165, 1.54) is 0 Å². The first-order valence-electron chi connectivity index (χ1n) is 8.12. The molecule has 0 saturated carbocycles. The zero-order valence-corrected chi connectivity index (χ0v) is 13.2. The van der Waals surface area contributed by atoms with E-state index in [-0.39, 0.29) is 5.92 Å². The lowest BCUT2D eigenvalue weighted by Crippen LogP contribution is -2.44. The normalized spacial score (nSPS) is 22.1. The second kappa shape index (κ2) is 6.02. The van der Waals surface area contributed by atoms with Gasteiger partial charge in [0, 0.05) is 26.2 Å². The fourth-order valence-corrected chi connectivity index (χ4v) is 3.43. The molecule has 1 unspecified atom stereocenters. The molecule has 0 bridgehead atoms. The third-order valence-corrected chi connectivity index (χ3v) is 4.79. The summed E-state index contributed by atoms with van der Waals surface area (Å²) in [5.74, 6) is 1.60. The second-order valence-electron chi connectivity index (χ2n) is 6.41. The molecule has 3 heterocycles. The largest absolute Gasteiger partial charge is 0.396 e. The molecule has 1 atom stereocenters. The van der Waals surface area contributed by atoms with Crippen LogP contribution in [0.1, 0.15) is 31.2 Å². The van der Waals surface area contributed by atoms with Gasteiger partial charge in [-0.15, -0.1) is 0 Å². The first-order chi connectivity index (χ1) is 10.6. The number of nitrogens with zero attached hydrogens (tertiary/aromatic N) is 3. The molecule has 2 fully saturated rings. The molecule has 1 aromatic rings. The highest BCUT2D eigenvalue weighted by Gasteiger charge is 2.31. The number of nitrogen functional groups attached to an aromatic ring is 2. The van der Waals surface area contributed by atoms with Crippen molar-refractivity contribution in [2.24, 2.45) is 5.92 Å². The number of anilines is 3. The predicted octanol–water partition coefficient (Wildman–Crippen LogP) is 1.39. The van der Waals surface area contributed by atoms with Gasteiger partial charge in [0.1, 0.15) is 11.6 Å². The topological polar surface area (TPSA) is 88.5 Å². The third-order valence-electron chi connectivity index (χ3n) is 4.79. The van der Waals surface area contributed by atoms with Gasteiger partial charge < -0.3 is 21.3 Å². The van der Waals surface area contributed by atoms with Gasteiger partial charge in [-0.3, -0.25) is 4.79 Å². The Hall–Kier alpha value is -1.98. The summed E-state index contributed by atoms with van der Waals surface area (Å²) in [4.78, 5) is 21.2. The van der Waals surface area contributed by atoms with Crippen LogP contribution in [0.4, 0.5) is 17.3 Å². The van der Waals surface area contributed by atoms with Crippen LogP contribution >= 0.6 is 0 Å². The van der Waals surface area contributed by atoms with E-state index in [2.05, 4.69) is 9.88 Å². The Bertz CT molecular complexity index is 545. The highest BCUT2D eigenvalue weighted by atomic mass is 16.2. The summed E-state index contributed by atoms with van der Waals surface area (Å²) in [7, 11) is 0. The first kappa shape index (κ1) is 14.9. The maximum absolute atomic E-state index is 12.6. The molecule has 6 heteroatoms. The smallest absolute Gasteiger partial charge is 0.227 e. The number of aryl methyl sites for hydroxylation is 1.